The quantitative estimate of drug-likeness (QED) is 0.0738. The molecule has 2 N–H and O–H groups in total. The van der Waals surface area contributed by atoms with Gasteiger partial charge in [0.15, 0.2) is 10.9 Å². The van der Waals surface area contributed by atoms with Gasteiger partial charge in [-0.1, -0.05) is 30.3 Å². The number of hydrogen-bond donors (Lipinski definition) is 2. The zero-order valence-corrected chi connectivity index (χ0v) is 32.0. The first kappa shape index (κ1) is 39.7. The number of anilines is 2. The topological polar surface area (TPSA) is 101 Å². The van der Waals surface area contributed by atoms with Crippen molar-refractivity contribution in [1.29, 1.82) is 5.26 Å². The molecular formula is C43H38F5N5O3S. The first-order valence-electron chi connectivity index (χ1n) is 18.5. The first-order chi connectivity index (χ1) is 27.2. The van der Waals surface area contributed by atoms with E-state index in [-0.39, 0.29) is 22.3 Å². The molecule has 0 saturated carbocycles. The van der Waals surface area contributed by atoms with Gasteiger partial charge >= 0.3 is 6.18 Å². The van der Waals surface area contributed by atoms with Crippen LogP contribution in [0.2, 0.25) is 0 Å². The van der Waals surface area contributed by atoms with Crippen LogP contribution in [0.4, 0.5) is 33.3 Å². The summed E-state index contributed by atoms with van der Waals surface area (Å²) >= 11 is 5.56. The van der Waals surface area contributed by atoms with Crippen LogP contribution in [0.15, 0.2) is 72.8 Å². The highest BCUT2D eigenvalue weighted by Crippen LogP contribution is 2.41. The first-order valence-corrected chi connectivity index (χ1v) is 18.9. The number of ether oxygens (including phenoxy) is 1. The molecule has 1 aliphatic carbocycles. The van der Waals surface area contributed by atoms with Crippen LogP contribution in [0.1, 0.15) is 71.3 Å². The number of ketones is 1. The highest BCUT2D eigenvalue weighted by atomic mass is 32.1. The molecule has 0 bridgehead atoms. The van der Waals surface area contributed by atoms with E-state index < -0.39 is 40.4 Å². The fourth-order valence-corrected chi connectivity index (χ4v) is 8.13. The lowest BCUT2D eigenvalue weighted by atomic mass is 9.99. The molecule has 14 heteroatoms. The number of nitrogens with zero attached hydrogens (tertiary/aromatic N) is 3. The van der Waals surface area contributed by atoms with Crippen molar-refractivity contribution in [2.24, 2.45) is 0 Å². The second-order valence-corrected chi connectivity index (χ2v) is 15.0. The fraction of sp³-hybridized carbons (Fsp3) is 0.302. The van der Waals surface area contributed by atoms with Gasteiger partial charge in [0.1, 0.15) is 17.2 Å². The number of hydrogen-bond acceptors (Lipinski definition) is 6. The molecular weight excluding hydrogens is 762 g/mol. The molecule has 1 fully saturated rings. The number of amides is 1. The SMILES string of the molecule is CC1(C)C(=O)N(c2ccc(C#N)c(C(F)(F)F)c2)C(=S)N1c1ccc(CCCOCCNCc2ccc(-c3[nH]c4cc(F)cc5c4c3CCCC5=O)cc2)c(F)c1. The predicted octanol–water partition coefficient (Wildman–Crippen LogP) is 9.18. The van der Waals surface area contributed by atoms with E-state index >= 15 is 4.39 Å². The second kappa shape index (κ2) is 15.8. The Morgan fingerprint density at radius 1 is 0.965 bits per heavy atom. The maximum Gasteiger partial charge on any atom is 0.417 e. The number of rotatable bonds is 12. The van der Waals surface area contributed by atoms with Gasteiger partial charge in [0.2, 0.25) is 0 Å². The Kier molecular flexibility index (Phi) is 11.0. The van der Waals surface area contributed by atoms with E-state index in [4.69, 9.17) is 22.2 Å². The molecule has 1 aliphatic heterocycles. The zero-order chi connectivity index (χ0) is 40.6. The molecule has 7 rings (SSSR count). The van der Waals surface area contributed by atoms with Gasteiger partial charge < -0.3 is 19.9 Å². The van der Waals surface area contributed by atoms with E-state index in [0.29, 0.717) is 68.6 Å². The summed E-state index contributed by atoms with van der Waals surface area (Å²) < 4.78 is 76.4. The monoisotopic (exact) mass is 799 g/mol. The second-order valence-electron chi connectivity index (χ2n) is 14.7. The Morgan fingerprint density at radius 3 is 2.44 bits per heavy atom. The lowest BCUT2D eigenvalue weighted by Crippen LogP contribution is -2.44. The summed E-state index contributed by atoms with van der Waals surface area (Å²) in [5.41, 5.74) is 2.54. The van der Waals surface area contributed by atoms with Gasteiger partial charge in [0.25, 0.3) is 5.91 Å². The molecule has 0 atom stereocenters. The number of halogens is 5. The molecule has 8 nitrogen and oxygen atoms in total. The summed E-state index contributed by atoms with van der Waals surface area (Å²) in [6, 6.07) is 19.8. The highest BCUT2D eigenvalue weighted by Gasteiger charge is 2.51. The standard InChI is InChI=1S/C43H38F5N5O3S/c1-42(2)40(55)52(30-14-13-28(23-49)34(21-30)43(46,47)48)41(57)53(42)31-15-12-26(35(45)22-31)5-4-17-56-18-16-50-24-25-8-10-27(11-9-25)39-32-6-3-7-37(54)33-19-29(44)20-36(51-39)38(32)33/h8-15,19-22,50-51H,3-7,16-18,24H2,1-2H3. The lowest BCUT2D eigenvalue weighted by molar-refractivity contribution is -0.137. The zero-order valence-electron chi connectivity index (χ0n) is 31.2. The van der Waals surface area contributed by atoms with Crippen molar-refractivity contribution >= 4 is 51.3 Å². The van der Waals surface area contributed by atoms with E-state index in [1.807, 2.05) is 24.3 Å². The average molecular weight is 800 g/mol. The summed E-state index contributed by atoms with van der Waals surface area (Å²) in [7, 11) is 0. The molecule has 0 radical (unpaired) electrons. The number of Topliss-reactive ketones (excluding diaryl/α,β-unsaturated/α-hetero) is 1. The van der Waals surface area contributed by atoms with E-state index in [2.05, 4.69) is 10.3 Å². The van der Waals surface area contributed by atoms with Crippen molar-refractivity contribution in [2.45, 2.75) is 64.2 Å². The fourth-order valence-electron chi connectivity index (χ4n) is 7.61. The van der Waals surface area contributed by atoms with Crippen LogP contribution in [0.5, 0.6) is 0 Å². The Labute approximate surface area is 331 Å². The molecule has 0 unspecified atom stereocenters. The number of nitrogens with one attached hydrogen (secondary N) is 2. The molecule has 57 heavy (non-hydrogen) atoms. The number of carbonyl (C=O) groups is 2. The van der Waals surface area contributed by atoms with Crippen molar-refractivity contribution in [2.75, 3.05) is 29.6 Å². The smallest absolute Gasteiger partial charge is 0.380 e. The summed E-state index contributed by atoms with van der Waals surface area (Å²) in [5, 5.41) is 13.2. The number of nitriles is 1. The molecule has 2 aliphatic rings. The molecule has 0 spiro atoms. The van der Waals surface area contributed by atoms with Gasteiger partial charge in [0, 0.05) is 54.0 Å². The molecule has 2 heterocycles. The average Bonchev–Trinajstić information content (AvgIpc) is 3.54. The Morgan fingerprint density at radius 2 is 1.72 bits per heavy atom. The van der Waals surface area contributed by atoms with Crippen molar-refractivity contribution in [3.63, 3.8) is 0 Å². The van der Waals surface area contributed by atoms with Crippen LogP contribution >= 0.6 is 12.2 Å². The van der Waals surface area contributed by atoms with E-state index in [9.17, 15) is 27.2 Å². The summed E-state index contributed by atoms with van der Waals surface area (Å²) in [5.74, 6) is -1.57. The van der Waals surface area contributed by atoms with Crippen LogP contribution in [0, 0.1) is 23.0 Å². The number of aryl methyl sites for hydroxylation is 2. The van der Waals surface area contributed by atoms with E-state index in [1.54, 1.807) is 26.0 Å². The largest absolute Gasteiger partial charge is 0.417 e. The Bertz CT molecular complexity index is 2440. The molecule has 1 aromatic heterocycles. The van der Waals surface area contributed by atoms with E-state index in [1.165, 1.54) is 35.2 Å². The molecule has 1 saturated heterocycles. The number of aromatic nitrogens is 1. The van der Waals surface area contributed by atoms with Crippen LogP contribution in [-0.2, 0) is 35.1 Å². The van der Waals surface area contributed by atoms with Gasteiger partial charge in [-0.05, 0) is 116 Å². The number of carbonyl (C=O) groups excluding carboxylic acids is 2. The van der Waals surface area contributed by atoms with Crippen LogP contribution < -0.4 is 15.1 Å². The normalized spacial score (nSPS) is 15.4. The summed E-state index contributed by atoms with van der Waals surface area (Å²) in [6.07, 6.45) is -2.03. The number of benzene rings is 4. The lowest BCUT2D eigenvalue weighted by Gasteiger charge is -2.29. The van der Waals surface area contributed by atoms with Crippen molar-refractivity contribution in [3.8, 4) is 17.3 Å². The van der Waals surface area contributed by atoms with Gasteiger partial charge in [-0.2, -0.15) is 18.4 Å². The summed E-state index contributed by atoms with van der Waals surface area (Å²) in [4.78, 5) is 31.8. The van der Waals surface area contributed by atoms with Crippen molar-refractivity contribution < 1.29 is 36.3 Å². The third-order valence-electron chi connectivity index (χ3n) is 10.5. The van der Waals surface area contributed by atoms with Crippen LogP contribution in [-0.4, -0.2) is 47.1 Å². The minimum absolute atomic E-state index is 0.0290. The minimum atomic E-state index is -4.83. The molecule has 5 aromatic rings. The van der Waals surface area contributed by atoms with Gasteiger partial charge in [0.05, 0.1) is 29.5 Å². The van der Waals surface area contributed by atoms with Gasteiger partial charge in [-0.15, -0.1) is 0 Å². The van der Waals surface area contributed by atoms with Crippen molar-refractivity contribution in [3.05, 3.63) is 118 Å². The number of aromatic amines is 1. The van der Waals surface area contributed by atoms with Gasteiger partial charge in [-0.3, -0.25) is 14.5 Å². The predicted molar refractivity (Wildman–Crippen MR) is 211 cm³/mol. The third kappa shape index (κ3) is 7.79. The molecule has 4 aromatic carbocycles. The maximum atomic E-state index is 15.4. The Hall–Kier alpha value is -5.49. The number of thiocarbonyl (C=S) groups is 1. The third-order valence-corrected chi connectivity index (χ3v) is 10.8. The number of H-pyrrole nitrogens is 1. The van der Waals surface area contributed by atoms with Crippen molar-refractivity contribution in [1.82, 2.24) is 10.3 Å². The van der Waals surface area contributed by atoms with Crippen LogP contribution in [0.3, 0.4) is 0 Å². The molecule has 294 valence electrons. The highest BCUT2D eigenvalue weighted by molar-refractivity contribution is 7.81. The summed E-state index contributed by atoms with van der Waals surface area (Å²) in [6.45, 7) is 5.17. The maximum absolute atomic E-state index is 15.4. The molecule has 1 amide bonds. The number of alkyl halides is 3. The Balaban J connectivity index is 0.885. The van der Waals surface area contributed by atoms with Crippen LogP contribution in [0.25, 0.3) is 22.2 Å². The van der Waals surface area contributed by atoms with E-state index in [0.717, 1.165) is 51.2 Å². The van der Waals surface area contributed by atoms with Gasteiger partial charge in [-0.25, -0.2) is 8.78 Å². The minimum Gasteiger partial charge on any atom is -0.380 e.